The monoisotopic (exact) mass is 448 g/mol. The molecule has 0 unspecified atom stereocenters. The maximum atomic E-state index is 13.4. The first-order valence-electron chi connectivity index (χ1n) is 8.04. The topological polar surface area (TPSA) is 84.5 Å². The number of rotatable bonds is 7. The Labute approximate surface area is 173 Å². The lowest BCUT2D eigenvalue weighted by Crippen LogP contribution is -2.52. The van der Waals surface area contributed by atoms with Crippen LogP contribution in [-0.4, -0.2) is 27.0 Å². The Morgan fingerprint density at radius 1 is 1.14 bits per heavy atom. The van der Waals surface area contributed by atoms with Crippen molar-refractivity contribution in [3.63, 3.8) is 0 Å². The van der Waals surface area contributed by atoms with Crippen molar-refractivity contribution in [1.82, 2.24) is 4.72 Å². The molecule has 0 atom stereocenters. The minimum atomic E-state index is -4.00. The van der Waals surface area contributed by atoms with E-state index in [0.29, 0.717) is 16.5 Å². The maximum absolute atomic E-state index is 13.4. The normalized spacial score (nSPS) is 11.9. The Morgan fingerprint density at radius 3 is 2.43 bits per heavy atom. The first kappa shape index (κ1) is 22.4. The van der Waals surface area contributed by atoms with Crippen LogP contribution >= 0.6 is 23.2 Å². The lowest BCUT2D eigenvalue weighted by atomic mass is 10.1. The number of methoxy groups -OCH3 is 1. The number of sulfonamides is 1. The Balaban J connectivity index is 2.13. The van der Waals surface area contributed by atoms with Crippen molar-refractivity contribution in [2.45, 2.75) is 25.1 Å². The van der Waals surface area contributed by atoms with E-state index in [1.54, 1.807) is 12.1 Å². The molecule has 0 heterocycles. The van der Waals surface area contributed by atoms with Crippen molar-refractivity contribution in [3.05, 3.63) is 57.8 Å². The molecule has 0 aliphatic heterocycles. The molecule has 6 nitrogen and oxygen atoms in total. The molecule has 152 valence electrons. The van der Waals surface area contributed by atoms with Crippen LogP contribution < -0.4 is 14.8 Å². The van der Waals surface area contributed by atoms with Crippen molar-refractivity contribution < 1.29 is 22.3 Å². The van der Waals surface area contributed by atoms with Gasteiger partial charge < -0.3 is 10.1 Å². The molecular formula is C18H19Cl2FN2O4S. The van der Waals surface area contributed by atoms with E-state index in [1.165, 1.54) is 33.1 Å². The van der Waals surface area contributed by atoms with Crippen molar-refractivity contribution in [2.75, 3.05) is 12.4 Å². The van der Waals surface area contributed by atoms with E-state index >= 15 is 0 Å². The Kier molecular flexibility index (Phi) is 6.93. The van der Waals surface area contributed by atoms with Gasteiger partial charge in [0.25, 0.3) is 0 Å². The van der Waals surface area contributed by atoms with Crippen LogP contribution in [0, 0.1) is 5.82 Å². The number of hydrogen-bond acceptors (Lipinski definition) is 4. The number of nitrogens with one attached hydrogen (secondary N) is 2. The van der Waals surface area contributed by atoms with Gasteiger partial charge in [0.15, 0.2) is 0 Å². The molecule has 0 radical (unpaired) electrons. The number of benzene rings is 2. The summed E-state index contributed by atoms with van der Waals surface area (Å²) in [5.74, 6) is -1.36. The summed E-state index contributed by atoms with van der Waals surface area (Å²) < 4.78 is 45.6. The van der Waals surface area contributed by atoms with Crippen LogP contribution in [0.2, 0.25) is 10.0 Å². The van der Waals surface area contributed by atoms with E-state index in [-0.39, 0.29) is 10.6 Å². The highest BCUT2D eigenvalue weighted by atomic mass is 35.5. The van der Waals surface area contributed by atoms with E-state index in [9.17, 15) is 17.6 Å². The summed E-state index contributed by atoms with van der Waals surface area (Å²) in [6, 6.07) is 8.06. The smallest absolute Gasteiger partial charge is 0.245 e. The van der Waals surface area contributed by atoms with E-state index < -0.39 is 33.0 Å². The number of hydrogen-bond donors (Lipinski definition) is 2. The summed E-state index contributed by atoms with van der Waals surface area (Å²) in [7, 11) is -2.54. The van der Waals surface area contributed by atoms with Gasteiger partial charge in [0.05, 0.1) is 17.9 Å². The number of carbonyl (C=O) groups excluding carboxylic acids is 1. The van der Waals surface area contributed by atoms with E-state index in [1.807, 2.05) is 0 Å². The van der Waals surface area contributed by atoms with Gasteiger partial charge in [0.2, 0.25) is 15.9 Å². The van der Waals surface area contributed by atoms with Crippen LogP contribution in [0.4, 0.5) is 10.1 Å². The van der Waals surface area contributed by atoms with Gasteiger partial charge in [0, 0.05) is 10.7 Å². The van der Waals surface area contributed by atoms with Crippen molar-refractivity contribution in [3.8, 4) is 5.75 Å². The van der Waals surface area contributed by atoms with Gasteiger partial charge in [-0.3, -0.25) is 4.79 Å². The predicted octanol–water partition coefficient (Wildman–Crippen LogP) is 3.98. The summed E-state index contributed by atoms with van der Waals surface area (Å²) >= 11 is 11.9. The summed E-state index contributed by atoms with van der Waals surface area (Å²) in [4.78, 5) is 12.6. The van der Waals surface area contributed by atoms with E-state index in [4.69, 9.17) is 27.9 Å². The molecule has 0 aliphatic rings. The fourth-order valence-electron chi connectivity index (χ4n) is 2.36. The third-order valence-corrected chi connectivity index (χ3v) is 5.92. The first-order valence-corrected chi connectivity index (χ1v) is 10.4. The standard InChI is InChI=1S/C18H19Cl2FN2O4S/c1-18(2,17(24)22-13-5-7-16(27-3)15(20)9-13)23-28(25,26)10-11-8-12(21)4-6-14(11)19/h4-9,23H,10H2,1-3H3,(H,22,24). The SMILES string of the molecule is COc1ccc(NC(=O)C(C)(C)NS(=O)(=O)Cc2cc(F)ccc2Cl)cc1Cl. The van der Waals surface area contributed by atoms with Crippen LogP contribution in [0.15, 0.2) is 36.4 Å². The molecule has 2 aromatic rings. The molecule has 28 heavy (non-hydrogen) atoms. The molecule has 0 saturated carbocycles. The van der Waals surface area contributed by atoms with Crippen molar-refractivity contribution in [1.29, 1.82) is 0 Å². The number of halogens is 3. The zero-order chi connectivity index (χ0) is 21.1. The minimum Gasteiger partial charge on any atom is -0.495 e. The fraction of sp³-hybridized carbons (Fsp3) is 0.278. The number of carbonyl (C=O) groups is 1. The van der Waals surface area contributed by atoms with E-state index in [0.717, 1.165) is 12.1 Å². The second-order valence-corrected chi connectivity index (χ2v) is 9.06. The third-order valence-electron chi connectivity index (χ3n) is 3.74. The van der Waals surface area contributed by atoms with Crippen LogP contribution in [-0.2, 0) is 20.6 Å². The Hall–Kier alpha value is -1.87. The highest BCUT2D eigenvalue weighted by molar-refractivity contribution is 7.88. The van der Waals surface area contributed by atoms with Gasteiger partial charge in [-0.05, 0) is 55.8 Å². The van der Waals surface area contributed by atoms with Crippen LogP contribution in [0.1, 0.15) is 19.4 Å². The highest BCUT2D eigenvalue weighted by Gasteiger charge is 2.33. The largest absolute Gasteiger partial charge is 0.495 e. The van der Waals surface area contributed by atoms with E-state index in [2.05, 4.69) is 10.0 Å². The van der Waals surface area contributed by atoms with Crippen LogP contribution in [0.25, 0.3) is 0 Å². The zero-order valence-corrected chi connectivity index (χ0v) is 17.7. The van der Waals surface area contributed by atoms with Crippen LogP contribution in [0.5, 0.6) is 5.75 Å². The predicted molar refractivity (Wildman–Crippen MR) is 108 cm³/mol. The average Bonchev–Trinajstić information content (AvgIpc) is 2.57. The fourth-order valence-corrected chi connectivity index (χ4v) is 4.47. The molecule has 2 aromatic carbocycles. The Bertz CT molecular complexity index is 997. The molecule has 0 aliphatic carbocycles. The van der Waals surface area contributed by atoms with Gasteiger partial charge in [-0.25, -0.2) is 12.8 Å². The average molecular weight is 449 g/mol. The molecule has 0 spiro atoms. The van der Waals surface area contributed by atoms with Crippen molar-refractivity contribution in [2.24, 2.45) is 0 Å². The Morgan fingerprint density at radius 2 is 1.82 bits per heavy atom. The summed E-state index contributed by atoms with van der Waals surface area (Å²) in [6.45, 7) is 2.80. The molecule has 0 bridgehead atoms. The quantitative estimate of drug-likeness (QED) is 0.670. The van der Waals surface area contributed by atoms with Gasteiger partial charge in [-0.1, -0.05) is 23.2 Å². The summed E-state index contributed by atoms with van der Waals surface area (Å²) in [6.07, 6.45) is 0. The van der Waals surface area contributed by atoms with Crippen LogP contribution in [0.3, 0.4) is 0 Å². The summed E-state index contributed by atoms with van der Waals surface area (Å²) in [5.41, 5.74) is -1.03. The molecule has 0 fully saturated rings. The lowest BCUT2D eigenvalue weighted by Gasteiger charge is -2.25. The second-order valence-electron chi connectivity index (χ2n) is 6.53. The molecule has 2 N–H and O–H groups in total. The highest BCUT2D eigenvalue weighted by Crippen LogP contribution is 2.27. The van der Waals surface area contributed by atoms with Crippen molar-refractivity contribution >= 4 is 44.8 Å². The second kappa shape index (κ2) is 8.65. The first-order chi connectivity index (χ1) is 12.9. The zero-order valence-electron chi connectivity index (χ0n) is 15.3. The summed E-state index contributed by atoms with van der Waals surface area (Å²) in [5, 5.41) is 2.99. The molecule has 2 rings (SSSR count). The number of ether oxygens (including phenoxy) is 1. The molecule has 1 amide bonds. The maximum Gasteiger partial charge on any atom is 0.245 e. The molecular weight excluding hydrogens is 430 g/mol. The third kappa shape index (κ3) is 5.81. The molecule has 0 saturated heterocycles. The van der Waals surface area contributed by atoms with Gasteiger partial charge in [-0.15, -0.1) is 0 Å². The number of anilines is 1. The minimum absolute atomic E-state index is 0.0901. The molecule has 0 aromatic heterocycles. The van der Waals surface area contributed by atoms with Gasteiger partial charge in [0.1, 0.15) is 17.1 Å². The van der Waals surface area contributed by atoms with Gasteiger partial charge >= 0.3 is 0 Å². The number of amides is 1. The molecule has 10 heteroatoms. The van der Waals surface area contributed by atoms with Gasteiger partial charge in [-0.2, -0.15) is 4.72 Å². The lowest BCUT2D eigenvalue weighted by molar-refractivity contribution is -0.120.